The molecule has 0 unspecified atom stereocenters. The highest BCUT2D eigenvalue weighted by Crippen LogP contribution is 2.31. The molecule has 0 fully saturated rings. The van der Waals surface area contributed by atoms with Crippen LogP contribution in [0.1, 0.15) is 43.1 Å². The van der Waals surface area contributed by atoms with Gasteiger partial charge in [-0.05, 0) is 19.4 Å². The molecule has 1 heterocycles. The van der Waals surface area contributed by atoms with Gasteiger partial charge in [0.1, 0.15) is 0 Å². The number of aromatic nitrogens is 1. The van der Waals surface area contributed by atoms with E-state index in [2.05, 4.69) is 0 Å². The van der Waals surface area contributed by atoms with Crippen molar-refractivity contribution in [3.63, 3.8) is 0 Å². The second kappa shape index (κ2) is 8.26. The van der Waals surface area contributed by atoms with Crippen molar-refractivity contribution in [3.05, 3.63) is 125 Å². The molecular weight excluding hydrogens is 370 g/mol. The lowest BCUT2D eigenvalue weighted by atomic mass is 9.88. The van der Waals surface area contributed by atoms with Gasteiger partial charge in [0.05, 0.1) is 11.3 Å². The van der Waals surface area contributed by atoms with E-state index in [1.54, 1.807) is 24.3 Å². The fourth-order valence-electron chi connectivity index (χ4n) is 3.74. The predicted molar refractivity (Wildman–Crippen MR) is 119 cm³/mol. The van der Waals surface area contributed by atoms with Gasteiger partial charge in [-0.25, -0.2) is 0 Å². The van der Waals surface area contributed by atoms with Crippen molar-refractivity contribution in [2.75, 3.05) is 0 Å². The predicted octanol–water partition coefficient (Wildman–Crippen LogP) is 5.83. The summed E-state index contributed by atoms with van der Waals surface area (Å²) in [6, 6.07) is 27.9. The average molecular weight is 391 g/mol. The fraction of sp³-hybridized carbons (Fsp3) is 0.0741. The number of benzene rings is 3. The molecule has 0 aliphatic carbocycles. The normalized spacial score (nSPS) is 10.6. The number of carbonyl (C=O) groups is 2. The van der Waals surface area contributed by atoms with Gasteiger partial charge in [0.2, 0.25) is 0 Å². The van der Waals surface area contributed by atoms with Gasteiger partial charge < -0.3 is 0 Å². The van der Waals surface area contributed by atoms with E-state index in [9.17, 15) is 9.59 Å². The summed E-state index contributed by atoms with van der Waals surface area (Å²) in [5, 5.41) is 0. The molecular formula is C27H21NO2. The molecule has 0 aliphatic heterocycles. The van der Waals surface area contributed by atoms with Crippen LogP contribution in [-0.2, 0) is 0 Å². The van der Waals surface area contributed by atoms with Gasteiger partial charge in [-0.15, -0.1) is 0 Å². The maximum atomic E-state index is 13.5. The first-order valence-corrected chi connectivity index (χ1v) is 9.84. The van der Waals surface area contributed by atoms with E-state index < -0.39 is 0 Å². The van der Waals surface area contributed by atoms with E-state index in [0.717, 1.165) is 5.56 Å². The summed E-state index contributed by atoms with van der Waals surface area (Å²) >= 11 is 0. The zero-order valence-electron chi connectivity index (χ0n) is 16.9. The van der Waals surface area contributed by atoms with Crippen molar-refractivity contribution in [2.24, 2.45) is 0 Å². The van der Waals surface area contributed by atoms with Gasteiger partial charge in [0.25, 0.3) is 0 Å². The van der Waals surface area contributed by atoms with Crippen molar-refractivity contribution < 1.29 is 9.59 Å². The molecule has 3 aromatic carbocycles. The van der Waals surface area contributed by atoms with Crippen LogP contribution in [-0.4, -0.2) is 16.6 Å². The first kappa shape index (κ1) is 19.5. The largest absolute Gasteiger partial charge is 0.289 e. The van der Waals surface area contributed by atoms with E-state index in [1.165, 1.54) is 0 Å². The molecule has 0 saturated heterocycles. The van der Waals surface area contributed by atoms with Crippen LogP contribution >= 0.6 is 0 Å². The molecule has 0 radical (unpaired) electrons. The third kappa shape index (κ3) is 3.58. The molecule has 4 rings (SSSR count). The summed E-state index contributed by atoms with van der Waals surface area (Å²) in [5.41, 5.74) is 4.83. The number of hydrogen-bond acceptors (Lipinski definition) is 3. The van der Waals surface area contributed by atoms with Gasteiger partial charge in [0, 0.05) is 27.9 Å². The zero-order valence-corrected chi connectivity index (χ0v) is 16.9. The van der Waals surface area contributed by atoms with Crippen molar-refractivity contribution in [1.82, 2.24) is 4.98 Å². The highest BCUT2D eigenvalue weighted by atomic mass is 16.1. The standard InChI is InChI=1S/C27H21NO2/c1-18-23(26(29)21-14-8-4-9-15-21)19(2)28-25(20-12-6-3-7-13-20)24(18)27(30)22-16-10-5-11-17-22/h3-17H,1-2H3. The number of pyridine rings is 1. The Hall–Kier alpha value is -3.85. The molecule has 0 atom stereocenters. The minimum absolute atomic E-state index is 0.125. The monoisotopic (exact) mass is 391 g/mol. The maximum Gasteiger partial charge on any atom is 0.195 e. The zero-order chi connectivity index (χ0) is 21.1. The molecule has 0 amide bonds. The molecule has 4 aromatic rings. The van der Waals surface area contributed by atoms with Crippen LogP contribution in [0, 0.1) is 13.8 Å². The Bertz CT molecular complexity index is 1210. The lowest BCUT2D eigenvalue weighted by Crippen LogP contribution is -2.15. The Morgan fingerprint density at radius 1 is 0.600 bits per heavy atom. The Morgan fingerprint density at radius 3 is 1.53 bits per heavy atom. The molecule has 30 heavy (non-hydrogen) atoms. The van der Waals surface area contributed by atoms with E-state index in [4.69, 9.17) is 4.98 Å². The van der Waals surface area contributed by atoms with E-state index in [0.29, 0.717) is 39.2 Å². The molecule has 1 aromatic heterocycles. The number of aryl methyl sites for hydroxylation is 1. The van der Waals surface area contributed by atoms with Crippen molar-refractivity contribution in [1.29, 1.82) is 0 Å². The summed E-state index contributed by atoms with van der Waals surface area (Å²) in [6.45, 7) is 3.67. The average Bonchev–Trinajstić information content (AvgIpc) is 2.80. The third-order valence-corrected chi connectivity index (χ3v) is 5.20. The van der Waals surface area contributed by atoms with Crippen LogP contribution in [0.4, 0.5) is 0 Å². The molecule has 3 nitrogen and oxygen atoms in total. The van der Waals surface area contributed by atoms with Crippen LogP contribution < -0.4 is 0 Å². The van der Waals surface area contributed by atoms with Crippen molar-refractivity contribution in [3.8, 4) is 11.3 Å². The summed E-state index contributed by atoms with van der Waals surface area (Å²) in [7, 11) is 0. The second-order valence-electron chi connectivity index (χ2n) is 7.18. The molecule has 0 aliphatic rings. The van der Waals surface area contributed by atoms with Crippen LogP contribution in [0.3, 0.4) is 0 Å². The third-order valence-electron chi connectivity index (χ3n) is 5.20. The van der Waals surface area contributed by atoms with Crippen molar-refractivity contribution >= 4 is 11.6 Å². The minimum Gasteiger partial charge on any atom is -0.289 e. The molecule has 0 saturated carbocycles. The van der Waals surface area contributed by atoms with E-state index in [1.807, 2.05) is 80.6 Å². The van der Waals surface area contributed by atoms with Crippen molar-refractivity contribution in [2.45, 2.75) is 13.8 Å². The van der Waals surface area contributed by atoms with Crippen LogP contribution in [0.25, 0.3) is 11.3 Å². The number of nitrogens with zero attached hydrogens (tertiary/aromatic N) is 1. The number of rotatable bonds is 5. The van der Waals surface area contributed by atoms with E-state index in [-0.39, 0.29) is 11.6 Å². The van der Waals surface area contributed by atoms with Gasteiger partial charge in [-0.1, -0.05) is 91.0 Å². The first-order valence-electron chi connectivity index (χ1n) is 9.84. The molecule has 0 spiro atoms. The Balaban J connectivity index is 1.97. The Morgan fingerprint density at radius 2 is 1.03 bits per heavy atom. The highest BCUT2D eigenvalue weighted by molar-refractivity contribution is 6.17. The van der Waals surface area contributed by atoms with Gasteiger partial charge in [-0.3, -0.25) is 14.6 Å². The van der Waals surface area contributed by atoms with Gasteiger partial charge in [0.15, 0.2) is 11.6 Å². The molecule has 0 N–H and O–H groups in total. The molecule has 0 bridgehead atoms. The highest BCUT2D eigenvalue weighted by Gasteiger charge is 2.26. The first-order chi connectivity index (χ1) is 14.6. The van der Waals surface area contributed by atoms with Crippen LogP contribution in [0.15, 0.2) is 91.0 Å². The van der Waals surface area contributed by atoms with Gasteiger partial charge in [-0.2, -0.15) is 0 Å². The Kier molecular flexibility index (Phi) is 5.36. The number of ketones is 2. The summed E-state index contributed by atoms with van der Waals surface area (Å²) in [5.74, 6) is -0.263. The fourth-order valence-corrected chi connectivity index (χ4v) is 3.74. The molecule has 146 valence electrons. The summed E-state index contributed by atoms with van der Waals surface area (Å²) in [6.07, 6.45) is 0. The van der Waals surface area contributed by atoms with Crippen LogP contribution in [0.2, 0.25) is 0 Å². The van der Waals surface area contributed by atoms with Gasteiger partial charge >= 0.3 is 0 Å². The maximum absolute atomic E-state index is 13.5. The lowest BCUT2D eigenvalue weighted by molar-refractivity contribution is 0.103. The summed E-state index contributed by atoms with van der Waals surface area (Å²) < 4.78 is 0. The minimum atomic E-state index is -0.137. The topological polar surface area (TPSA) is 47.0 Å². The van der Waals surface area contributed by atoms with E-state index >= 15 is 0 Å². The summed E-state index contributed by atoms with van der Waals surface area (Å²) in [4.78, 5) is 31.6. The molecule has 3 heteroatoms. The lowest BCUT2D eigenvalue weighted by Gasteiger charge is -2.17. The smallest absolute Gasteiger partial charge is 0.195 e. The SMILES string of the molecule is Cc1nc(-c2ccccc2)c(C(=O)c2ccccc2)c(C)c1C(=O)c1ccccc1. The quantitative estimate of drug-likeness (QED) is 0.402. The second-order valence-corrected chi connectivity index (χ2v) is 7.18. The Labute approximate surface area is 176 Å². The number of hydrogen-bond donors (Lipinski definition) is 0. The number of carbonyl (C=O) groups excluding carboxylic acids is 2. The van der Waals surface area contributed by atoms with Crippen LogP contribution in [0.5, 0.6) is 0 Å².